The Morgan fingerprint density at radius 3 is 2.63 bits per heavy atom. The minimum absolute atomic E-state index is 0.144. The molecule has 0 bridgehead atoms. The Morgan fingerprint density at radius 1 is 1.21 bits per heavy atom. The van der Waals surface area contributed by atoms with Crippen LogP contribution < -0.4 is 0 Å². The van der Waals surface area contributed by atoms with E-state index in [9.17, 15) is 9.90 Å². The maximum absolute atomic E-state index is 11.3. The number of benzene rings is 1. The van der Waals surface area contributed by atoms with E-state index in [0.29, 0.717) is 11.3 Å². The first-order chi connectivity index (χ1) is 9.25. The lowest BCUT2D eigenvalue weighted by molar-refractivity contribution is 0.0697. The quantitative estimate of drug-likeness (QED) is 0.780. The SMILES string of the molecule is O=C(O)c1cn(-c2ccccc2)nc1-c1ccoc1. The van der Waals surface area contributed by atoms with Gasteiger partial charge in [-0.1, -0.05) is 18.2 Å². The zero-order valence-electron chi connectivity index (χ0n) is 9.85. The van der Waals surface area contributed by atoms with Crippen molar-refractivity contribution in [1.29, 1.82) is 0 Å². The fourth-order valence-electron chi connectivity index (χ4n) is 1.86. The molecule has 0 aliphatic carbocycles. The maximum atomic E-state index is 11.3. The van der Waals surface area contributed by atoms with Crippen LogP contribution >= 0.6 is 0 Å². The van der Waals surface area contributed by atoms with E-state index in [1.807, 2.05) is 30.3 Å². The molecular weight excluding hydrogens is 244 g/mol. The number of hydrogen-bond donors (Lipinski definition) is 1. The van der Waals surface area contributed by atoms with Gasteiger partial charge in [0.05, 0.1) is 18.2 Å². The first-order valence-electron chi connectivity index (χ1n) is 5.66. The summed E-state index contributed by atoms with van der Waals surface area (Å²) in [6.45, 7) is 0. The van der Waals surface area contributed by atoms with Gasteiger partial charge < -0.3 is 9.52 Å². The van der Waals surface area contributed by atoms with Crippen molar-refractivity contribution >= 4 is 5.97 Å². The topological polar surface area (TPSA) is 68.3 Å². The summed E-state index contributed by atoms with van der Waals surface area (Å²) in [7, 11) is 0. The highest BCUT2D eigenvalue weighted by molar-refractivity contribution is 5.94. The molecule has 0 atom stereocenters. The summed E-state index contributed by atoms with van der Waals surface area (Å²) in [6, 6.07) is 11.0. The van der Waals surface area contributed by atoms with Crippen LogP contribution in [0.2, 0.25) is 0 Å². The zero-order valence-corrected chi connectivity index (χ0v) is 9.85. The highest BCUT2D eigenvalue weighted by Crippen LogP contribution is 2.24. The number of nitrogens with zero attached hydrogens (tertiary/aromatic N) is 2. The van der Waals surface area contributed by atoms with Gasteiger partial charge in [-0.2, -0.15) is 5.10 Å². The Kier molecular flexibility index (Phi) is 2.64. The number of carbonyl (C=O) groups is 1. The van der Waals surface area contributed by atoms with Crippen LogP contribution in [0.4, 0.5) is 0 Å². The second kappa shape index (κ2) is 4.45. The van der Waals surface area contributed by atoms with Crippen molar-refractivity contribution in [3.8, 4) is 16.9 Å². The van der Waals surface area contributed by atoms with E-state index in [1.165, 1.54) is 18.7 Å². The third kappa shape index (κ3) is 2.01. The Bertz CT molecular complexity index is 700. The molecule has 3 rings (SSSR count). The van der Waals surface area contributed by atoms with Crippen molar-refractivity contribution in [2.24, 2.45) is 0 Å². The summed E-state index contributed by atoms with van der Waals surface area (Å²) < 4.78 is 6.52. The number of furan rings is 1. The molecule has 1 N–H and O–H groups in total. The van der Waals surface area contributed by atoms with Gasteiger partial charge in [0, 0.05) is 11.8 Å². The number of carboxylic acid groups (broad SMARTS) is 1. The minimum atomic E-state index is -1.02. The fourth-order valence-corrected chi connectivity index (χ4v) is 1.86. The molecule has 0 spiro atoms. The van der Waals surface area contributed by atoms with Gasteiger partial charge in [0.2, 0.25) is 0 Å². The third-order valence-electron chi connectivity index (χ3n) is 2.76. The molecular formula is C14H10N2O3. The first kappa shape index (κ1) is 11.3. The number of para-hydroxylation sites is 1. The van der Waals surface area contributed by atoms with E-state index < -0.39 is 5.97 Å². The Labute approximate surface area is 108 Å². The molecule has 0 aliphatic heterocycles. The summed E-state index contributed by atoms with van der Waals surface area (Å²) >= 11 is 0. The molecule has 94 valence electrons. The van der Waals surface area contributed by atoms with Gasteiger partial charge in [-0.15, -0.1) is 0 Å². The molecule has 0 saturated carbocycles. The van der Waals surface area contributed by atoms with Gasteiger partial charge in [0.15, 0.2) is 0 Å². The Balaban J connectivity index is 2.15. The van der Waals surface area contributed by atoms with Crippen LogP contribution in [0.3, 0.4) is 0 Å². The van der Waals surface area contributed by atoms with Crippen LogP contribution in [0, 0.1) is 0 Å². The van der Waals surface area contributed by atoms with Crippen molar-refractivity contribution in [3.05, 3.63) is 60.7 Å². The molecule has 5 nitrogen and oxygen atoms in total. The summed E-state index contributed by atoms with van der Waals surface area (Å²) in [5.74, 6) is -1.02. The molecule has 0 radical (unpaired) electrons. The first-order valence-corrected chi connectivity index (χ1v) is 5.66. The average molecular weight is 254 g/mol. The standard InChI is InChI=1S/C14H10N2O3/c17-14(18)12-8-16(11-4-2-1-3-5-11)15-13(12)10-6-7-19-9-10/h1-9H,(H,17,18). The van der Waals surface area contributed by atoms with Gasteiger partial charge in [0.25, 0.3) is 0 Å². The third-order valence-corrected chi connectivity index (χ3v) is 2.76. The van der Waals surface area contributed by atoms with E-state index in [2.05, 4.69) is 5.10 Å². The van der Waals surface area contributed by atoms with E-state index in [4.69, 9.17) is 4.42 Å². The summed E-state index contributed by atoms with van der Waals surface area (Å²) in [6.07, 6.45) is 4.46. The monoisotopic (exact) mass is 254 g/mol. The highest BCUT2D eigenvalue weighted by Gasteiger charge is 2.18. The van der Waals surface area contributed by atoms with Crippen LogP contribution in [0.1, 0.15) is 10.4 Å². The lowest BCUT2D eigenvalue weighted by Gasteiger charge is -1.98. The predicted molar refractivity (Wildman–Crippen MR) is 68.2 cm³/mol. The number of rotatable bonds is 3. The van der Waals surface area contributed by atoms with Gasteiger partial charge >= 0.3 is 5.97 Å². The number of aromatic nitrogens is 2. The van der Waals surface area contributed by atoms with Gasteiger partial charge in [-0.25, -0.2) is 9.48 Å². The van der Waals surface area contributed by atoms with Crippen molar-refractivity contribution in [1.82, 2.24) is 9.78 Å². The smallest absolute Gasteiger partial charge is 0.339 e. The lowest BCUT2D eigenvalue weighted by atomic mass is 10.1. The van der Waals surface area contributed by atoms with Crippen LogP contribution in [0.15, 0.2) is 59.5 Å². The maximum Gasteiger partial charge on any atom is 0.339 e. The van der Waals surface area contributed by atoms with Crippen molar-refractivity contribution < 1.29 is 14.3 Å². The molecule has 3 aromatic rings. The van der Waals surface area contributed by atoms with Crippen molar-refractivity contribution in [2.75, 3.05) is 0 Å². The normalized spacial score (nSPS) is 10.5. The second-order valence-electron chi connectivity index (χ2n) is 3.99. The Morgan fingerprint density at radius 2 is 2.00 bits per heavy atom. The minimum Gasteiger partial charge on any atom is -0.478 e. The number of hydrogen-bond acceptors (Lipinski definition) is 3. The molecule has 0 saturated heterocycles. The van der Waals surface area contributed by atoms with Crippen LogP contribution in [-0.4, -0.2) is 20.9 Å². The largest absolute Gasteiger partial charge is 0.478 e. The molecule has 0 fully saturated rings. The van der Waals surface area contributed by atoms with Gasteiger partial charge in [-0.05, 0) is 18.2 Å². The second-order valence-corrected chi connectivity index (χ2v) is 3.99. The summed E-state index contributed by atoms with van der Waals surface area (Å²) in [5, 5.41) is 13.6. The Hall–Kier alpha value is -2.82. The van der Waals surface area contributed by atoms with Crippen LogP contribution in [0.25, 0.3) is 16.9 Å². The van der Waals surface area contributed by atoms with Gasteiger partial charge in [-0.3, -0.25) is 0 Å². The molecule has 19 heavy (non-hydrogen) atoms. The van der Waals surface area contributed by atoms with E-state index >= 15 is 0 Å². The van der Waals surface area contributed by atoms with Crippen molar-refractivity contribution in [3.63, 3.8) is 0 Å². The molecule has 0 unspecified atom stereocenters. The zero-order chi connectivity index (χ0) is 13.2. The summed E-state index contributed by atoms with van der Waals surface area (Å²) in [5.41, 5.74) is 1.99. The van der Waals surface area contributed by atoms with E-state index in [1.54, 1.807) is 10.7 Å². The van der Waals surface area contributed by atoms with Crippen LogP contribution in [0.5, 0.6) is 0 Å². The number of aromatic carboxylic acids is 1. The molecule has 2 aromatic heterocycles. The van der Waals surface area contributed by atoms with Crippen LogP contribution in [-0.2, 0) is 0 Å². The molecule has 0 aliphatic rings. The van der Waals surface area contributed by atoms with Crippen molar-refractivity contribution in [2.45, 2.75) is 0 Å². The molecule has 5 heteroatoms. The van der Waals surface area contributed by atoms with E-state index in [-0.39, 0.29) is 5.56 Å². The van der Waals surface area contributed by atoms with Gasteiger partial charge in [0.1, 0.15) is 11.3 Å². The molecule has 0 amide bonds. The van der Waals surface area contributed by atoms with E-state index in [0.717, 1.165) is 5.69 Å². The molecule has 1 aromatic carbocycles. The summed E-state index contributed by atoms with van der Waals surface area (Å²) in [4.78, 5) is 11.3. The highest BCUT2D eigenvalue weighted by atomic mass is 16.4. The lowest BCUT2D eigenvalue weighted by Crippen LogP contribution is -1.96. The number of carboxylic acids is 1. The predicted octanol–water partition coefficient (Wildman–Crippen LogP) is 2.83. The fraction of sp³-hybridized carbons (Fsp3) is 0. The molecule has 2 heterocycles. The average Bonchev–Trinajstić information content (AvgIpc) is 3.08.